The van der Waals surface area contributed by atoms with Crippen LogP contribution in [0.2, 0.25) is 5.02 Å². The fourth-order valence-corrected chi connectivity index (χ4v) is 2.43. The molecule has 0 aromatic heterocycles. The van der Waals surface area contributed by atoms with Crippen molar-refractivity contribution < 1.29 is 0 Å². The molecule has 0 aliphatic heterocycles. The monoisotopic (exact) mass is 289 g/mol. The van der Waals surface area contributed by atoms with E-state index < -0.39 is 0 Å². The van der Waals surface area contributed by atoms with Crippen LogP contribution in [0.15, 0.2) is 18.2 Å². The second kappa shape index (κ2) is 5.76. The lowest BCUT2D eigenvalue weighted by molar-refractivity contribution is 0.638. The van der Waals surface area contributed by atoms with Crippen molar-refractivity contribution in [2.75, 3.05) is 18.5 Å². The molecule has 1 aromatic rings. The van der Waals surface area contributed by atoms with E-state index in [9.17, 15) is 0 Å². The molecule has 3 heteroatoms. The first-order valence-electron chi connectivity index (χ1n) is 5.10. The molecule has 0 aliphatic carbocycles. The summed E-state index contributed by atoms with van der Waals surface area (Å²) in [6.07, 6.45) is 0. The van der Waals surface area contributed by atoms with Crippen molar-refractivity contribution in [3.8, 4) is 0 Å². The molecule has 0 saturated carbocycles. The zero-order chi connectivity index (χ0) is 11.4. The van der Waals surface area contributed by atoms with Crippen LogP contribution in [0.5, 0.6) is 0 Å². The van der Waals surface area contributed by atoms with Gasteiger partial charge in [-0.15, -0.1) is 0 Å². The maximum absolute atomic E-state index is 6.15. The average molecular weight is 291 g/mol. The summed E-state index contributed by atoms with van der Waals surface area (Å²) < 4.78 is 0. The van der Waals surface area contributed by atoms with Crippen LogP contribution >= 0.6 is 27.5 Å². The first kappa shape index (κ1) is 12.9. The molecule has 1 nitrogen and oxygen atoms in total. The molecule has 1 aromatic carbocycles. The fraction of sp³-hybridized carbons (Fsp3) is 0.500. The minimum atomic E-state index is 0.657. The minimum absolute atomic E-state index is 0.657. The van der Waals surface area contributed by atoms with E-state index in [1.54, 1.807) is 0 Å². The van der Waals surface area contributed by atoms with E-state index in [0.29, 0.717) is 5.92 Å². The predicted octanol–water partition coefficient (Wildman–Crippen LogP) is 4.33. The lowest BCUT2D eigenvalue weighted by Gasteiger charge is -2.22. The standard InChI is InChI=1S/C12H17BrClN/c1-9(2)8-15(3)11-5-4-10(7-13)12(14)6-11/h4-6,9H,7-8H2,1-3H3. The summed E-state index contributed by atoms with van der Waals surface area (Å²) in [6.45, 7) is 5.47. The maximum atomic E-state index is 6.15. The highest BCUT2D eigenvalue weighted by molar-refractivity contribution is 9.08. The van der Waals surface area contributed by atoms with Crippen LogP contribution in [-0.4, -0.2) is 13.6 Å². The Kier molecular flexibility index (Phi) is 4.94. The Hall–Kier alpha value is -0.210. The molecule has 0 bridgehead atoms. The zero-order valence-electron chi connectivity index (χ0n) is 9.43. The molecule has 0 heterocycles. The largest absolute Gasteiger partial charge is 0.374 e. The molecule has 1 rings (SSSR count). The Balaban J connectivity index is 2.82. The highest BCUT2D eigenvalue weighted by Gasteiger charge is 2.06. The van der Waals surface area contributed by atoms with Crippen LogP contribution in [0, 0.1) is 5.92 Å². The molecule has 0 amide bonds. The lowest BCUT2D eigenvalue weighted by atomic mass is 10.1. The van der Waals surface area contributed by atoms with Crippen LogP contribution in [0.1, 0.15) is 19.4 Å². The molecule has 0 spiro atoms. The van der Waals surface area contributed by atoms with Crippen LogP contribution in [0.25, 0.3) is 0 Å². The number of alkyl halides is 1. The highest BCUT2D eigenvalue weighted by atomic mass is 79.9. The van der Waals surface area contributed by atoms with Crippen molar-refractivity contribution in [1.29, 1.82) is 0 Å². The first-order chi connectivity index (χ1) is 7.04. The van der Waals surface area contributed by atoms with Gasteiger partial charge in [0.25, 0.3) is 0 Å². The van der Waals surface area contributed by atoms with E-state index in [1.165, 1.54) is 5.69 Å². The maximum Gasteiger partial charge on any atom is 0.0467 e. The van der Waals surface area contributed by atoms with Gasteiger partial charge < -0.3 is 4.90 Å². The number of benzene rings is 1. The summed E-state index contributed by atoms with van der Waals surface area (Å²) in [6, 6.07) is 6.22. The topological polar surface area (TPSA) is 3.24 Å². The van der Waals surface area contributed by atoms with Gasteiger partial charge in [0.05, 0.1) is 0 Å². The molecule has 0 N–H and O–H groups in total. The van der Waals surface area contributed by atoms with Gasteiger partial charge in [-0.2, -0.15) is 0 Å². The Morgan fingerprint density at radius 1 is 1.40 bits per heavy atom. The normalized spacial score (nSPS) is 10.8. The molecule has 0 aliphatic rings. The quantitative estimate of drug-likeness (QED) is 0.746. The van der Waals surface area contributed by atoms with Crippen LogP contribution < -0.4 is 4.90 Å². The van der Waals surface area contributed by atoms with Gasteiger partial charge in [-0.25, -0.2) is 0 Å². The molecule has 0 saturated heterocycles. The van der Waals surface area contributed by atoms with E-state index in [0.717, 1.165) is 22.5 Å². The number of hydrogen-bond donors (Lipinski definition) is 0. The second-order valence-electron chi connectivity index (χ2n) is 4.18. The van der Waals surface area contributed by atoms with Crippen molar-refractivity contribution >= 4 is 33.2 Å². The Morgan fingerprint density at radius 2 is 2.07 bits per heavy atom. The lowest BCUT2D eigenvalue weighted by Crippen LogP contribution is -2.22. The van der Waals surface area contributed by atoms with Gasteiger partial charge in [0.15, 0.2) is 0 Å². The van der Waals surface area contributed by atoms with E-state index in [1.807, 2.05) is 6.07 Å². The Labute approximate surface area is 106 Å². The van der Waals surface area contributed by atoms with E-state index >= 15 is 0 Å². The Morgan fingerprint density at radius 3 is 2.53 bits per heavy atom. The summed E-state index contributed by atoms with van der Waals surface area (Å²) in [4.78, 5) is 2.23. The van der Waals surface area contributed by atoms with Gasteiger partial charge in [-0.05, 0) is 23.6 Å². The van der Waals surface area contributed by atoms with E-state index in [4.69, 9.17) is 11.6 Å². The fourth-order valence-electron chi connectivity index (χ4n) is 1.54. The van der Waals surface area contributed by atoms with Crippen molar-refractivity contribution in [2.24, 2.45) is 5.92 Å². The molecule has 0 radical (unpaired) electrons. The van der Waals surface area contributed by atoms with Crippen molar-refractivity contribution in [3.63, 3.8) is 0 Å². The first-order valence-corrected chi connectivity index (χ1v) is 6.60. The van der Waals surface area contributed by atoms with Crippen LogP contribution in [0.4, 0.5) is 5.69 Å². The van der Waals surface area contributed by atoms with Crippen LogP contribution in [-0.2, 0) is 5.33 Å². The smallest absolute Gasteiger partial charge is 0.0467 e. The third-order valence-electron chi connectivity index (χ3n) is 2.26. The molecular formula is C12H17BrClN. The molecule has 0 fully saturated rings. The summed E-state index contributed by atoms with van der Waals surface area (Å²) in [7, 11) is 2.10. The molecule has 0 unspecified atom stereocenters. The summed E-state index contributed by atoms with van der Waals surface area (Å²) in [5, 5.41) is 1.64. The molecule has 15 heavy (non-hydrogen) atoms. The van der Waals surface area contributed by atoms with Gasteiger partial charge in [0.1, 0.15) is 0 Å². The van der Waals surface area contributed by atoms with Crippen molar-refractivity contribution in [3.05, 3.63) is 28.8 Å². The predicted molar refractivity (Wildman–Crippen MR) is 72.2 cm³/mol. The molecule has 84 valence electrons. The number of halogens is 2. The number of anilines is 1. The highest BCUT2D eigenvalue weighted by Crippen LogP contribution is 2.25. The van der Waals surface area contributed by atoms with Crippen molar-refractivity contribution in [1.82, 2.24) is 0 Å². The van der Waals surface area contributed by atoms with Gasteiger partial charge in [-0.3, -0.25) is 0 Å². The Bertz CT molecular complexity index is 325. The minimum Gasteiger partial charge on any atom is -0.374 e. The second-order valence-corrected chi connectivity index (χ2v) is 5.15. The average Bonchev–Trinajstić information content (AvgIpc) is 2.16. The van der Waals surface area contributed by atoms with Crippen LogP contribution in [0.3, 0.4) is 0 Å². The summed E-state index contributed by atoms with van der Waals surface area (Å²) >= 11 is 9.57. The van der Waals surface area contributed by atoms with Gasteiger partial charge in [0.2, 0.25) is 0 Å². The SMILES string of the molecule is CC(C)CN(C)c1ccc(CBr)c(Cl)c1. The molecular weight excluding hydrogens is 273 g/mol. The third-order valence-corrected chi connectivity index (χ3v) is 3.22. The zero-order valence-corrected chi connectivity index (χ0v) is 11.8. The molecule has 0 atom stereocenters. The van der Waals surface area contributed by atoms with E-state index in [-0.39, 0.29) is 0 Å². The third kappa shape index (κ3) is 3.69. The van der Waals surface area contributed by atoms with Crippen molar-refractivity contribution in [2.45, 2.75) is 19.2 Å². The van der Waals surface area contributed by atoms with Gasteiger partial charge >= 0.3 is 0 Å². The van der Waals surface area contributed by atoms with Gasteiger partial charge in [-0.1, -0.05) is 47.4 Å². The number of hydrogen-bond acceptors (Lipinski definition) is 1. The van der Waals surface area contributed by atoms with Gasteiger partial charge in [0, 0.05) is 29.6 Å². The van der Waals surface area contributed by atoms with E-state index in [2.05, 4.69) is 53.9 Å². The summed E-state index contributed by atoms with van der Waals surface area (Å²) in [5.41, 5.74) is 2.32. The number of rotatable bonds is 4. The number of nitrogens with zero attached hydrogens (tertiary/aromatic N) is 1. The summed E-state index contributed by atoms with van der Waals surface area (Å²) in [5.74, 6) is 0.657.